The molecule has 0 aliphatic rings. The van der Waals surface area contributed by atoms with Gasteiger partial charge in [-0.25, -0.2) is 9.78 Å². The Morgan fingerprint density at radius 2 is 1.92 bits per heavy atom. The number of hydrogen-bond donors (Lipinski definition) is 2. The molecule has 1 aromatic heterocycles. The Bertz CT molecular complexity index is 773. The number of carbonyl (C=O) groups is 1. The second-order valence-corrected chi connectivity index (χ2v) is 7.32. The van der Waals surface area contributed by atoms with E-state index in [1.54, 1.807) is 12.3 Å². The van der Waals surface area contributed by atoms with Crippen LogP contribution in [0.25, 0.3) is 11.1 Å². The number of aromatic nitrogens is 1. The Morgan fingerprint density at radius 3 is 2.54 bits per heavy atom. The molecule has 2 aromatic rings. The summed E-state index contributed by atoms with van der Waals surface area (Å²) in [5, 5.41) is 0. The molecule has 0 aliphatic carbocycles. The predicted octanol–water partition coefficient (Wildman–Crippen LogP) is 3.66. The van der Waals surface area contributed by atoms with Crippen LogP contribution in [0.3, 0.4) is 0 Å². The van der Waals surface area contributed by atoms with Gasteiger partial charge in [0, 0.05) is 17.8 Å². The maximum Gasteiger partial charge on any atom is 0.411 e. The van der Waals surface area contributed by atoms with Gasteiger partial charge in [0.15, 0.2) is 0 Å². The van der Waals surface area contributed by atoms with Crippen LogP contribution in [0.1, 0.15) is 32.8 Å². The van der Waals surface area contributed by atoms with Crippen LogP contribution in [-0.2, 0) is 0 Å². The van der Waals surface area contributed by atoms with Crippen molar-refractivity contribution in [2.75, 3.05) is 6.61 Å². The minimum Gasteiger partial charge on any atom is -0.491 e. The average Bonchev–Trinajstić information content (AvgIpc) is 2.52. The van der Waals surface area contributed by atoms with Gasteiger partial charge >= 0.3 is 6.09 Å². The van der Waals surface area contributed by atoms with Gasteiger partial charge in [0.25, 0.3) is 0 Å². The minimum atomic E-state index is -0.888. The van der Waals surface area contributed by atoms with E-state index < -0.39 is 6.09 Å². The van der Waals surface area contributed by atoms with Crippen LogP contribution < -0.4 is 20.9 Å². The fourth-order valence-electron chi connectivity index (χ4n) is 2.97. The van der Waals surface area contributed by atoms with Crippen LogP contribution in [0, 0.1) is 12.8 Å². The molecule has 1 unspecified atom stereocenters. The number of pyridine rings is 1. The first-order valence-electron chi connectivity index (χ1n) is 8.62. The van der Waals surface area contributed by atoms with E-state index in [0.717, 1.165) is 28.9 Å². The molecule has 6 heteroatoms. The first kappa shape index (κ1) is 19.7. The molecule has 1 heterocycles. The zero-order valence-corrected chi connectivity index (χ0v) is 15.8. The number of rotatable bonds is 7. The number of hydrogen-bond acceptors (Lipinski definition) is 5. The highest BCUT2D eigenvalue weighted by Gasteiger charge is 2.21. The minimum absolute atomic E-state index is 0.167. The van der Waals surface area contributed by atoms with E-state index in [1.165, 1.54) is 0 Å². The highest BCUT2D eigenvalue weighted by atomic mass is 16.6. The summed E-state index contributed by atoms with van der Waals surface area (Å²) in [7, 11) is 0. The van der Waals surface area contributed by atoms with Crippen LogP contribution in [0.15, 0.2) is 36.5 Å². The van der Waals surface area contributed by atoms with E-state index >= 15 is 0 Å². The second-order valence-electron chi connectivity index (χ2n) is 7.32. The molecule has 1 aromatic carbocycles. The lowest BCUT2D eigenvalue weighted by Crippen LogP contribution is -2.43. The topological polar surface area (TPSA) is 100 Å². The van der Waals surface area contributed by atoms with Gasteiger partial charge in [-0.05, 0) is 61.1 Å². The third kappa shape index (κ3) is 5.74. The van der Waals surface area contributed by atoms with Gasteiger partial charge < -0.3 is 20.9 Å². The summed E-state index contributed by atoms with van der Waals surface area (Å²) in [5.74, 6) is 1.48. The highest BCUT2D eigenvalue weighted by molar-refractivity contribution is 5.70. The number of ether oxygens (including phenoxy) is 2. The van der Waals surface area contributed by atoms with Crippen LogP contribution >= 0.6 is 0 Å². The Hall–Kier alpha value is -2.60. The monoisotopic (exact) mass is 357 g/mol. The first-order chi connectivity index (χ1) is 12.2. The van der Waals surface area contributed by atoms with Crippen LogP contribution in [0.5, 0.6) is 11.6 Å². The zero-order chi connectivity index (χ0) is 19.3. The van der Waals surface area contributed by atoms with E-state index in [0.29, 0.717) is 12.5 Å². The van der Waals surface area contributed by atoms with E-state index in [9.17, 15) is 4.79 Å². The molecular weight excluding hydrogens is 330 g/mol. The molecule has 26 heavy (non-hydrogen) atoms. The van der Waals surface area contributed by atoms with Gasteiger partial charge in [-0.3, -0.25) is 0 Å². The van der Waals surface area contributed by atoms with Crippen LogP contribution in [-0.4, -0.2) is 23.2 Å². The standard InChI is InChI=1S/C20H27N3O3/c1-13(2)11-20(4,22)12-25-17-6-5-15(9-14(17)3)16-7-8-23-18(10-16)26-19(21)24/h5-10,13H,11-12,22H2,1-4H3,(H2,21,24). The molecule has 1 atom stereocenters. The number of aryl methyl sites for hydroxylation is 1. The van der Waals surface area contributed by atoms with Gasteiger partial charge in [-0.1, -0.05) is 19.9 Å². The normalized spacial score (nSPS) is 13.3. The van der Waals surface area contributed by atoms with Crippen molar-refractivity contribution in [1.29, 1.82) is 0 Å². The lowest BCUT2D eigenvalue weighted by atomic mass is 9.93. The lowest BCUT2D eigenvalue weighted by Gasteiger charge is -2.27. The molecular formula is C20H27N3O3. The number of benzene rings is 1. The smallest absolute Gasteiger partial charge is 0.411 e. The molecule has 0 saturated carbocycles. The molecule has 1 amide bonds. The number of nitrogens with zero attached hydrogens (tertiary/aromatic N) is 1. The third-order valence-electron chi connectivity index (χ3n) is 3.88. The molecule has 0 bridgehead atoms. The maximum absolute atomic E-state index is 10.9. The zero-order valence-electron chi connectivity index (χ0n) is 15.8. The van der Waals surface area contributed by atoms with Gasteiger partial charge in [-0.15, -0.1) is 0 Å². The van der Waals surface area contributed by atoms with Crippen molar-refractivity contribution in [3.8, 4) is 22.8 Å². The Morgan fingerprint density at radius 1 is 1.23 bits per heavy atom. The van der Waals surface area contributed by atoms with E-state index in [2.05, 4.69) is 18.8 Å². The molecule has 2 rings (SSSR count). The molecule has 6 nitrogen and oxygen atoms in total. The van der Waals surface area contributed by atoms with Gasteiger partial charge in [0.2, 0.25) is 5.88 Å². The van der Waals surface area contributed by atoms with Crippen molar-refractivity contribution in [2.45, 2.75) is 39.7 Å². The maximum atomic E-state index is 10.9. The van der Waals surface area contributed by atoms with Crippen molar-refractivity contribution in [2.24, 2.45) is 17.4 Å². The summed E-state index contributed by atoms with van der Waals surface area (Å²) in [6, 6.07) is 9.38. The number of amides is 1. The average molecular weight is 357 g/mol. The predicted molar refractivity (Wildman–Crippen MR) is 102 cm³/mol. The Kier molecular flexibility index (Phi) is 6.21. The molecule has 0 fully saturated rings. The molecule has 0 radical (unpaired) electrons. The summed E-state index contributed by atoms with van der Waals surface area (Å²) >= 11 is 0. The number of carbonyl (C=O) groups excluding carboxylic acids is 1. The molecule has 0 saturated heterocycles. The fourth-order valence-corrected chi connectivity index (χ4v) is 2.97. The van der Waals surface area contributed by atoms with Gasteiger partial charge in [-0.2, -0.15) is 0 Å². The molecule has 140 valence electrons. The molecule has 0 spiro atoms. The summed E-state index contributed by atoms with van der Waals surface area (Å²) in [5.41, 5.74) is 13.8. The number of nitrogens with two attached hydrogens (primary N) is 2. The van der Waals surface area contributed by atoms with Gasteiger partial charge in [0.1, 0.15) is 12.4 Å². The van der Waals surface area contributed by atoms with Crippen molar-refractivity contribution in [1.82, 2.24) is 4.98 Å². The summed E-state index contributed by atoms with van der Waals surface area (Å²) in [6.07, 6.45) is 1.57. The third-order valence-corrected chi connectivity index (χ3v) is 3.88. The van der Waals surface area contributed by atoms with Crippen molar-refractivity contribution in [3.63, 3.8) is 0 Å². The highest BCUT2D eigenvalue weighted by Crippen LogP contribution is 2.28. The molecule has 4 N–H and O–H groups in total. The summed E-state index contributed by atoms with van der Waals surface area (Å²) in [4.78, 5) is 14.8. The van der Waals surface area contributed by atoms with Crippen molar-refractivity contribution >= 4 is 6.09 Å². The lowest BCUT2D eigenvalue weighted by molar-refractivity contribution is 0.206. The SMILES string of the molecule is Cc1cc(-c2ccnc(OC(N)=O)c2)ccc1OCC(C)(N)CC(C)C. The van der Waals surface area contributed by atoms with Crippen molar-refractivity contribution < 1.29 is 14.3 Å². The summed E-state index contributed by atoms with van der Waals surface area (Å²) < 4.78 is 10.8. The Balaban J connectivity index is 2.13. The van der Waals surface area contributed by atoms with E-state index in [4.69, 9.17) is 20.9 Å². The summed E-state index contributed by atoms with van der Waals surface area (Å²) in [6.45, 7) is 8.74. The van der Waals surface area contributed by atoms with E-state index in [1.807, 2.05) is 38.1 Å². The van der Waals surface area contributed by atoms with Crippen LogP contribution in [0.2, 0.25) is 0 Å². The van der Waals surface area contributed by atoms with E-state index in [-0.39, 0.29) is 11.4 Å². The first-order valence-corrected chi connectivity index (χ1v) is 8.62. The molecule has 0 aliphatic heterocycles. The Labute approximate surface area is 154 Å². The second kappa shape index (κ2) is 8.19. The number of primary amides is 1. The van der Waals surface area contributed by atoms with Gasteiger partial charge in [0.05, 0.1) is 0 Å². The van der Waals surface area contributed by atoms with Crippen LogP contribution in [0.4, 0.5) is 4.79 Å². The quantitative estimate of drug-likeness (QED) is 0.787. The largest absolute Gasteiger partial charge is 0.491 e. The fraction of sp³-hybridized carbons (Fsp3) is 0.400. The van der Waals surface area contributed by atoms with Crippen molar-refractivity contribution in [3.05, 3.63) is 42.1 Å².